The average Bonchev–Trinajstić information content (AvgIpc) is 3.53. The third-order valence-electron chi connectivity index (χ3n) is 7.23. The van der Waals surface area contributed by atoms with Crippen molar-refractivity contribution in [2.45, 2.75) is 25.9 Å². The van der Waals surface area contributed by atoms with E-state index in [1.54, 1.807) is 101 Å². The van der Waals surface area contributed by atoms with Gasteiger partial charge in [-0.2, -0.15) is 9.67 Å². The van der Waals surface area contributed by atoms with Crippen LogP contribution in [0.3, 0.4) is 0 Å². The molecule has 48 heavy (non-hydrogen) atoms. The molecule has 0 aliphatic carbocycles. The maximum Gasteiger partial charge on any atom is 0.372 e. The molecule has 0 aliphatic heterocycles. The van der Waals surface area contributed by atoms with Crippen LogP contribution in [0.15, 0.2) is 127 Å². The summed E-state index contributed by atoms with van der Waals surface area (Å²) < 4.78 is 8.39. The van der Waals surface area contributed by atoms with E-state index in [4.69, 9.17) is 9.84 Å². The van der Waals surface area contributed by atoms with Gasteiger partial charge in [0.25, 0.3) is 11.8 Å². The lowest BCUT2D eigenvalue weighted by Crippen LogP contribution is -2.45. The molecule has 2 aromatic heterocycles. The number of pyridine rings is 1. The summed E-state index contributed by atoms with van der Waals surface area (Å²) in [6, 6.07) is 28.9. The van der Waals surface area contributed by atoms with Crippen molar-refractivity contribution in [2.75, 3.05) is 6.61 Å². The minimum absolute atomic E-state index is 0.0228. The molecule has 2 heterocycles. The Hall–Kier alpha value is -6.36. The van der Waals surface area contributed by atoms with Gasteiger partial charge in [-0.1, -0.05) is 66.7 Å². The van der Waals surface area contributed by atoms with E-state index in [0.29, 0.717) is 22.4 Å². The number of rotatable bonds is 13. The Morgan fingerprint density at radius 2 is 1.58 bits per heavy atom. The van der Waals surface area contributed by atoms with Gasteiger partial charge in [0.1, 0.15) is 17.4 Å². The number of aromatic nitrogens is 3. The normalized spacial score (nSPS) is 11.7. The van der Waals surface area contributed by atoms with Gasteiger partial charge in [0, 0.05) is 29.8 Å². The Balaban J connectivity index is 1.57. The third-order valence-corrected chi connectivity index (χ3v) is 7.23. The second-order valence-electron chi connectivity index (χ2n) is 10.7. The van der Waals surface area contributed by atoms with Crippen LogP contribution in [0.25, 0.3) is 23.0 Å². The number of nitrogens with one attached hydrogen (secondary N) is 2. The van der Waals surface area contributed by atoms with Crippen molar-refractivity contribution in [2.24, 2.45) is 0 Å². The smallest absolute Gasteiger partial charge is 0.372 e. The zero-order valence-corrected chi connectivity index (χ0v) is 26.2. The van der Waals surface area contributed by atoms with Gasteiger partial charge < -0.3 is 20.5 Å². The Morgan fingerprint density at radius 3 is 2.25 bits per heavy atom. The number of nitrogens with zero attached hydrogens (tertiary/aromatic N) is 3. The highest BCUT2D eigenvalue weighted by molar-refractivity contribution is 6.06. The van der Waals surface area contributed by atoms with E-state index < -0.39 is 29.8 Å². The third kappa shape index (κ3) is 8.67. The predicted molar refractivity (Wildman–Crippen MR) is 177 cm³/mol. The summed E-state index contributed by atoms with van der Waals surface area (Å²) in [7, 11) is 0. The molecule has 0 saturated carbocycles. The second-order valence-corrected chi connectivity index (χ2v) is 10.7. The molecule has 1 unspecified atom stereocenters. The minimum Gasteiger partial charge on any atom is -0.480 e. The lowest BCUT2D eigenvalue weighted by Gasteiger charge is -2.17. The van der Waals surface area contributed by atoms with Crippen molar-refractivity contribution in [1.29, 1.82) is 0 Å². The first kappa shape index (κ1) is 33.0. The molecule has 5 rings (SSSR count). The van der Waals surface area contributed by atoms with Gasteiger partial charge >= 0.3 is 11.9 Å². The average molecular weight is 645 g/mol. The predicted octanol–water partition coefficient (Wildman–Crippen LogP) is 3.97. The quantitative estimate of drug-likeness (QED) is 0.100. The van der Waals surface area contributed by atoms with E-state index in [2.05, 4.69) is 10.6 Å². The first-order valence-corrected chi connectivity index (χ1v) is 15.3. The van der Waals surface area contributed by atoms with Crippen LogP contribution in [0.4, 0.5) is 0 Å². The van der Waals surface area contributed by atoms with Crippen LogP contribution in [-0.2, 0) is 32.1 Å². The first-order valence-electron chi connectivity index (χ1n) is 15.3. The molecule has 3 aromatic carbocycles. The van der Waals surface area contributed by atoms with Crippen LogP contribution >= 0.6 is 0 Å². The van der Waals surface area contributed by atoms with Crippen LogP contribution in [0, 0.1) is 0 Å². The van der Waals surface area contributed by atoms with E-state index in [-0.39, 0.29) is 25.3 Å². The Bertz CT molecular complexity index is 1920. The molecule has 2 amide bonds. The van der Waals surface area contributed by atoms with Crippen molar-refractivity contribution in [3.8, 4) is 16.9 Å². The topological polar surface area (TPSA) is 143 Å². The molecule has 3 N–H and O–H groups in total. The Morgan fingerprint density at radius 1 is 0.917 bits per heavy atom. The summed E-state index contributed by atoms with van der Waals surface area (Å²) in [4.78, 5) is 51.6. The molecule has 0 spiro atoms. The number of hydrogen-bond donors (Lipinski definition) is 3. The van der Waals surface area contributed by atoms with Crippen LogP contribution in [0.1, 0.15) is 28.4 Å². The zero-order valence-electron chi connectivity index (χ0n) is 26.2. The molecular formula is C37H34N5O6+. The van der Waals surface area contributed by atoms with Crippen molar-refractivity contribution in [3.05, 3.63) is 144 Å². The standard InChI is InChI=1S/C37H33N5O6/c1-2-48-33(43)25-41-20-12-17-28(23-41)34-29(24-42(40-34)30-18-10-5-11-19-30)22-31(38-35(44)27-15-8-4-9-16-27)36(45)39-32(37(46)47)21-26-13-6-3-7-14-26/h3-20,22-24,32H,2,21,25H2,1H3,(H2-,38,39,44,45,46,47)/p+1. The molecule has 11 nitrogen and oxygen atoms in total. The molecular weight excluding hydrogens is 610 g/mol. The molecule has 242 valence electrons. The number of hydrogen-bond acceptors (Lipinski definition) is 6. The molecule has 1 atom stereocenters. The second kappa shape index (κ2) is 15.8. The van der Waals surface area contributed by atoms with Gasteiger partial charge in [-0.05, 0) is 48.9 Å². The number of para-hydroxylation sites is 1. The zero-order chi connectivity index (χ0) is 33.9. The molecule has 0 fully saturated rings. The van der Waals surface area contributed by atoms with Crippen LogP contribution in [0.5, 0.6) is 0 Å². The number of carboxylic acids is 1. The maximum absolute atomic E-state index is 13.8. The van der Waals surface area contributed by atoms with Gasteiger partial charge in [0.05, 0.1) is 17.9 Å². The number of aliphatic carboxylic acids is 1. The van der Waals surface area contributed by atoms with Gasteiger partial charge in [-0.15, -0.1) is 0 Å². The summed E-state index contributed by atoms with van der Waals surface area (Å²) in [6.45, 7) is 1.96. The fraction of sp³-hybridized carbons (Fsp3) is 0.135. The molecule has 11 heteroatoms. The fourth-order valence-electron chi connectivity index (χ4n) is 4.93. The number of ether oxygens (including phenoxy) is 1. The van der Waals surface area contributed by atoms with Crippen LogP contribution in [0.2, 0.25) is 0 Å². The lowest BCUT2D eigenvalue weighted by molar-refractivity contribution is -0.685. The van der Waals surface area contributed by atoms with Crippen molar-refractivity contribution in [1.82, 2.24) is 20.4 Å². The van der Waals surface area contributed by atoms with E-state index in [0.717, 1.165) is 11.3 Å². The van der Waals surface area contributed by atoms with Crippen molar-refractivity contribution >= 4 is 29.8 Å². The molecule has 0 radical (unpaired) electrons. The minimum atomic E-state index is -1.28. The van der Waals surface area contributed by atoms with E-state index in [1.807, 2.05) is 36.4 Å². The highest BCUT2D eigenvalue weighted by Gasteiger charge is 2.25. The number of amides is 2. The highest BCUT2D eigenvalue weighted by atomic mass is 16.5. The molecule has 0 bridgehead atoms. The first-order chi connectivity index (χ1) is 23.3. The maximum atomic E-state index is 13.8. The Labute approximate surface area is 277 Å². The summed E-state index contributed by atoms with van der Waals surface area (Å²) in [5.74, 6) is -2.99. The van der Waals surface area contributed by atoms with Crippen LogP contribution in [-0.4, -0.2) is 51.3 Å². The van der Waals surface area contributed by atoms with Gasteiger partial charge in [0.2, 0.25) is 6.54 Å². The largest absolute Gasteiger partial charge is 0.480 e. The molecule has 0 aliphatic rings. The SMILES string of the molecule is CCOC(=O)C[n+]1cccc(-c2nn(-c3ccccc3)cc2C=C(NC(=O)c2ccccc2)C(=O)NC(Cc2ccccc2)C(=O)O)c1. The van der Waals surface area contributed by atoms with Crippen LogP contribution < -0.4 is 15.2 Å². The number of benzene rings is 3. The summed E-state index contributed by atoms with van der Waals surface area (Å²) in [6.07, 6.45) is 6.65. The van der Waals surface area contributed by atoms with E-state index in [9.17, 15) is 24.3 Å². The monoisotopic (exact) mass is 644 g/mol. The van der Waals surface area contributed by atoms with Crippen molar-refractivity contribution < 1.29 is 33.6 Å². The molecule has 5 aromatic rings. The number of esters is 1. The summed E-state index contributed by atoms with van der Waals surface area (Å²) >= 11 is 0. The van der Waals surface area contributed by atoms with E-state index >= 15 is 0 Å². The van der Waals surface area contributed by atoms with E-state index in [1.165, 1.54) is 6.08 Å². The summed E-state index contributed by atoms with van der Waals surface area (Å²) in [5, 5.41) is 20.1. The van der Waals surface area contributed by atoms with Gasteiger partial charge in [-0.25, -0.2) is 14.3 Å². The van der Waals surface area contributed by atoms with Crippen molar-refractivity contribution in [3.63, 3.8) is 0 Å². The highest BCUT2D eigenvalue weighted by Crippen LogP contribution is 2.25. The van der Waals surface area contributed by atoms with Gasteiger partial charge in [-0.3, -0.25) is 9.59 Å². The number of carboxylic acid groups (broad SMARTS) is 1. The summed E-state index contributed by atoms with van der Waals surface area (Å²) in [5.41, 5.74) is 3.07. The molecule has 0 saturated heterocycles. The fourth-order valence-corrected chi connectivity index (χ4v) is 4.93. The number of carbonyl (C=O) groups excluding carboxylic acids is 3. The number of carbonyl (C=O) groups is 4. The van der Waals surface area contributed by atoms with Gasteiger partial charge in [0.15, 0.2) is 12.4 Å². The Kier molecular flexibility index (Phi) is 10.8. The lowest BCUT2D eigenvalue weighted by atomic mass is 10.1.